The lowest BCUT2D eigenvalue weighted by Crippen LogP contribution is -2.45. The first-order chi connectivity index (χ1) is 33.0. The van der Waals surface area contributed by atoms with Crippen molar-refractivity contribution in [2.24, 2.45) is 0 Å². The van der Waals surface area contributed by atoms with Gasteiger partial charge in [0.05, 0.1) is 25.4 Å². The van der Waals surface area contributed by atoms with Crippen LogP contribution in [0.2, 0.25) is 0 Å². The molecular formula is C61H121NO5. The highest BCUT2D eigenvalue weighted by atomic mass is 16.5. The number of ether oxygens (including phenoxy) is 1. The Labute approximate surface area is 419 Å². The molecule has 0 spiro atoms. The summed E-state index contributed by atoms with van der Waals surface area (Å²) in [7, 11) is 0. The third-order valence-corrected chi connectivity index (χ3v) is 14.7. The van der Waals surface area contributed by atoms with E-state index in [1.165, 1.54) is 270 Å². The van der Waals surface area contributed by atoms with Gasteiger partial charge in [-0.1, -0.05) is 316 Å². The summed E-state index contributed by atoms with van der Waals surface area (Å²) in [6.07, 6.45) is 66.7. The van der Waals surface area contributed by atoms with E-state index in [0.29, 0.717) is 25.9 Å². The Morgan fingerprint density at radius 3 is 0.910 bits per heavy atom. The molecule has 0 aromatic carbocycles. The van der Waals surface area contributed by atoms with Crippen LogP contribution >= 0.6 is 0 Å². The number of nitrogens with one attached hydrogen (secondary N) is 1. The number of carbonyl (C=O) groups excluding carboxylic acids is 2. The number of esters is 1. The van der Waals surface area contributed by atoms with Gasteiger partial charge < -0.3 is 20.3 Å². The molecule has 0 aliphatic heterocycles. The van der Waals surface area contributed by atoms with Gasteiger partial charge in [0.15, 0.2) is 0 Å². The fraction of sp³-hybridized carbons (Fsp3) is 0.967. The first kappa shape index (κ1) is 65.9. The molecule has 0 aromatic rings. The number of aliphatic hydroxyl groups is 2. The van der Waals surface area contributed by atoms with Gasteiger partial charge in [-0.2, -0.15) is 0 Å². The van der Waals surface area contributed by atoms with Crippen molar-refractivity contribution in [3.05, 3.63) is 0 Å². The van der Waals surface area contributed by atoms with E-state index in [4.69, 9.17) is 4.74 Å². The maximum absolute atomic E-state index is 12.5. The van der Waals surface area contributed by atoms with Crippen LogP contribution < -0.4 is 5.32 Å². The third kappa shape index (κ3) is 54.0. The van der Waals surface area contributed by atoms with Crippen LogP contribution in [0.25, 0.3) is 0 Å². The van der Waals surface area contributed by atoms with Crippen molar-refractivity contribution < 1.29 is 24.5 Å². The Bertz CT molecular complexity index is 959. The molecule has 400 valence electrons. The van der Waals surface area contributed by atoms with Crippen molar-refractivity contribution in [1.29, 1.82) is 0 Å². The lowest BCUT2D eigenvalue weighted by Gasteiger charge is -2.22. The molecule has 0 rings (SSSR count). The lowest BCUT2D eigenvalue weighted by atomic mass is 10.0. The molecule has 0 aromatic heterocycles. The molecule has 0 fully saturated rings. The van der Waals surface area contributed by atoms with Gasteiger partial charge >= 0.3 is 5.97 Å². The van der Waals surface area contributed by atoms with Crippen LogP contribution in [0.3, 0.4) is 0 Å². The predicted molar refractivity (Wildman–Crippen MR) is 292 cm³/mol. The summed E-state index contributed by atoms with van der Waals surface area (Å²) in [6.45, 7) is 4.96. The molecule has 3 N–H and O–H groups in total. The number of aliphatic hydroxyl groups excluding tert-OH is 2. The minimum Gasteiger partial charge on any atom is -0.466 e. The summed E-state index contributed by atoms with van der Waals surface area (Å²) in [5.74, 6) is -0.0443. The predicted octanol–water partition coefficient (Wildman–Crippen LogP) is 19.1. The SMILES string of the molecule is CCCCCCCCCCCCCCCCCCCCCCCCCC(O)C(CO)NC(=O)CCCCCCCCCCCCCCCOC(=O)CCCCCCCCCCCCCCCC. The van der Waals surface area contributed by atoms with Crippen LogP contribution in [0.4, 0.5) is 0 Å². The van der Waals surface area contributed by atoms with Gasteiger partial charge in [0, 0.05) is 12.8 Å². The number of rotatable bonds is 58. The first-order valence-corrected chi connectivity index (χ1v) is 30.8. The van der Waals surface area contributed by atoms with E-state index in [-0.39, 0.29) is 18.5 Å². The summed E-state index contributed by atoms with van der Waals surface area (Å²) in [5.41, 5.74) is 0. The van der Waals surface area contributed by atoms with Crippen molar-refractivity contribution in [3.8, 4) is 0 Å². The highest BCUT2D eigenvalue weighted by Crippen LogP contribution is 2.18. The summed E-state index contributed by atoms with van der Waals surface area (Å²) in [5, 5.41) is 23.4. The second kappa shape index (κ2) is 57.4. The second-order valence-corrected chi connectivity index (χ2v) is 21.4. The van der Waals surface area contributed by atoms with E-state index in [1.807, 2.05) is 0 Å². The van der Waals surface area contributed by atoms with Gasteiger partial charge in [-0.25, -0.2) is 0 Å². The normalized spacial score (nSPS) is 12.5. The molecule has 1 amide bonds. The Kier molecular flexibility index (Phi) is 56.5. The van der Waals surface area contributed by atoms with Crippen molar-refractivity contribution >= 4 is 11.9 Å². The van der Waals surface area contributed by atoms with Gasteiger partial charge in [0.25, 0.3) is 0 Å². The topological polar surface area (TPSA) is 95.9 Å². The maximum atomic E-state index is 12.5. The van der Waals surface area contributed by atoms with Crippen LogP contribution in [0.1, 0.15) is 354 Å². The van der Waals surface area contributed by atoms with E-state index < -0.39 is 12.1 Å². The lowest BCUT2D eigenvalue weighted by molar-refractivity contribution is -0.143. The standard InChI is InChI=1S/C61H121NO5/c1-3-5-7-9-11-13-15-17-19-20-21-22-23-24-25-26-27-29-33-37-41-45-49-53-59(64)58(57-63)62-60(65)54-50-46-42-38-34-30-28-32-36-40-44-48-52-56-67-61(66)55-51-47-43-39-35-31-18-16-14-12-10-8-6-4-2/h58-59,63-64H,3-57H2,1-2H3,(H,62,65). The van der Waals surface area contributed by atoms with Crippen LogP contribution in [0.15, 0.2) is 0 Å². The number of amides is 1. The zero-order valence-corrected chi connectivity index (χ0v) is 45.7. The van der Waals surface area contributed by atoms with E-state index in [9.17, 15) is 19.8 Å². The van der Waals surface area contributed by atoms with Crippen molar-refractivity contribution in [2.45, 2.75) is 366 Å². The van der Waals surface area contributed by atoms with Crippen LogP contribution in [-0.2, 0) is 14.3 Å². The van der Waals surface area contributed by atoms with Crippen LogP contribution in [-0.4, -0.2) is 47.4 Å². The van der Waals surface area contributed by atoms with Crippen LogP contribution in [0, 0.1) is 0 Å². The molecule has 0 heterocycles. The smallest absolute Gasteiger partial charge is 0.305 e. The van der Waals surface area contributed by atoms with Gasteiger partial charge in [-0.3, -0.25) is 9.59 Å². The number of unbranched alkanes of at least 4 members (excludes halogenated alkanes) is 47. The number of hydrogen-bond donors (Lipinski definition) is 3. The first-order valence-electron chi connectivity index (χ1n) is 30.8. The highest BCUT2D eigenvalue weighted by Gasteiger charge is 2.20. The zero-order chi connectivity index (χ0) is 48.6. The summed E-state index contributed by atoms with van der Waals surface area (Å²) in [6, 6.07) is -0.551. The Hall–Kier alpha value is -1.14. The summed E-state index contributed by atoms with van der Waals surface area (Å²) in [4.78, 5) is 24.6. The molecule has 2 unspecified atom stereocenters. The molecule has 0 bridgehead atoms. The molecule has 6 heteroatoms. The molecule has 0 aliphatic carbocycles. The largest absolute Gasteiger partial charge is 0.466 e. The third-order valence-electron chi connectivity index (χ3n) is 14.7. The summed E-state index contributed by atoms with van der Waals surface area (Å²) < 4.78 is 5.48. The van der Waals surface area contributed by atoms with Crippen LogP contribution in [0.5, 0.6) is 0 Å². The molecule has 6 nitrogen and oxygen atoms in total. The van der Waals surface area contributed by atoms with Crippen molar-refractivity contribution in [1.82, 2.24) is 5.32 Å². The molecular weight excluding hydrogens is 827 g/mol. The Balaban J connectivity index is 3.42. The molecule has 67 heavy (non-hydrogen) atoms. The minimum atomic E-state index is -0.672. The van der Waals surface area contributed by atoms with Gasteiger partial charge in [0.2, 0.25) is 5.91 Å². The summed E-state index contributed by atoms with van der Waals surface area (Å²) >= 11 is 0. The average molecular weight is 949 g/mol. The number of carbonyl (C=O) groups is 2. The minimum absolute atomic E-state index is 0.00155. The highest BCUT2D eigenvalue weighted by molar-refractivity contribution is 5.76. The Morgan fingerprint density at radius 2 is 0.612 bits per heavy atom. The Morgan fingerprint density at radius 1 is 0.358 bits per heavy atom. The van der Waals surface area contributed by atoms with E-state index in [1.54, 1.807) is 0 Å². The quantitative estimate of drug-likeness (QED) is 0.0417. The fourth-order valence-electron chi connectivity index (χ4n) is 9.94. The van der Waals surface area contributed by atoms with E-state index in [2.05, 4.69) is 19.2 Å². The molecule has 0 radical (unpaired) electrons. The van der Waals surface area contributed by atoms with Gasteiger partial charge in [-0.05, 0) is 25.7 Å². The molecule has 0 saturated carbocycles. The van der Waals surface area contributed by atoms with E-state index in [0.717, 1.165) is 51.4 Å². The zero-order valence-electron chi connectivity index (χ0n) is 45.7. The molecule has 2 atom stereocenters. The number of hydrogen-bond acceptors (Lipinski definition) is 5. The monoisotopic (exact) mass is 948 g/mol. The maximum Gasteiger partial charge on any atom is 0.305 e. The fourth-order valence-corrected chi connectivity index (χ4v) is 9.94. The van der Waals surface area contributed by atoms with E-state index >= 15 is 0 Å². The molecule has 0 aliphatic rings. The van der Waals surface area contributed by atoms with Gasteiger partial charge in [0.1, 0.15) is 0 Å². The second-order valence-electron chi connectivity index (χ2n) is 21.4. The van der Waals surface area contributed by atoms with Gasteiger partial charge in [-0.15, -0.1) is 0 Å². The average Bonchev–Trinajstić information content (AvgIpc) is 3.33. The van der Waals surface area contributed by atoms with Crippen molar-refractivity contribution in [2.75, 3.05) is 13.2 Å². The molecule has 0 saturated heterocycles. The van der Waals surface area contributed by atoms with Crippen molar-refractivity contribution in [3.63, 3.8) is 0 Å².